The highest BCUT2D eigenvalue weighted by atomic mass is 16.5. The van der Waals surface area contributed by atoms with Crippen molar-refractivity contribution in [3.63, 3.8) is 0 Å². The number of nitrogens with one attached hydrogen (secondary N) is 1. The molecule has 0 saturated heterocycles. The Labute approximate surface area is 200 Å². The number of amides is 2. The van der Waals surface area contributed by atoms with Gasteiger partial charge in [-0.25, -0.2) is 4.79 Å². The Morgan fingerprint density at radius 2 is 1.91 bits per heavy atom. The monoisotopic (exact) mass is 466 g/mol. The Bertz CT molecular complexity index is 1120. The van der Waals surface area contributed by atoms with Crippen LogP contribution in [0.2, 0.25) is 0 Å². The number of nitrogens with zero attached hydrogens (tertiary/aromatic N) is 3. The van der Waals surface area contributed by atoms with E-state index in [1.165, 1.54) is 10.7 Å². The van der Waals surface area contributed by atoms with E-state index in [1.54, 1.807) is 18.7 Å². The molecule has 2 amide bonds. The van der Waals surface area contributed by atoms with Crippen LogP contribution in [0.5, 0.6) is 0 Å². The van der Waals surface area contributed by atoms with Gasteiger partial charge in [0, 0.05) is 17.8 Å². The van der Waals surface area contributed by atoms with Crippen LogP contribution >= 0.6 is 0 Å². The Morgan fingerprint density at radius 1 is 1.21 bits per heavy atom. The number of esters is 1. The maximum Gasteiger partial charge on any atom is 0.358 e. The van der Waals surface area contributed by atoms with E-state index in [0.717, 1.165) is 36.8 Å². The first-order valence-electron chi connectivity index (χ1n) is 12.1. The minimum absolute atomic E-state index is 0.0667. The van der Waals surface area contributed by atoms with Crippen molar-refractivity contribution in [1.29, 1.82) is 0 Å². The molecule has 4 rings (SSSR count). The Morgan fingerprint density at radius 3 is 2.59 bits per heavy atom. The van der Waals surface area contributed by atoms with Crippen molar-refractivity contribution in [3.05, 3.63) is 46.8 Å². The molecule has 2 aliphatic rings. The van der Waals surface area contributed by atoms with Gasteiger partial charge in [-0.15, -0.1) is 0 Å². The SMILES string of the molecule is CCOC(=O)c1cc2n(n1)C[C@@](C)(C(=O)NC1CCC(C)CC1)N(c1cccc(C)c1C)C2=O. The van der Waals surface area contributed by atoms with Crippen molar-refractivity contribution in [2.24, 2.45) is 5.92 Å². The fourth-order valence-electron chi connectivity index (χ4n) is 4.99. The summed E-state index contributed by atoms with van der Waals surface area (Å²) in [4.78, 5) is 41.6. The highest BCUT2D eigenvalue weighted by Gasteiger charge is 2.50. The third-order valence-corrected chi connectivity index (χ3v) is 7.30. The lowest BCUT2D eigenvalue weighted by atomic mass is 9.86. The molecular weight excluding hydrogens is 432 g/mol. The van der Waals surface area contributed by atoms with Gasteiger partial charge in [0.05, 0.1) is 13.2 Å². The van der Waals surface area contributed by atoms with Gasteiger partial charge in [0.1, 0.15) is 11.2 Å². The van der Waals surface area contributed by atoms with Gasteiger partial charge in [0.25, 0.3) is 5.91 Å². The molecule has 8 heteroatoms. The van der Waals surface area contributed by atoms with Gasteiger partial charge < -0.3 is 10.1 Å². The lowest BCUT2D eigenvalue weighted by molar-refractivity contribution is -0.127. The number of ether oxygens (including phenoxy) is 1. The van der Waals surface area contributed by atoms with Crippen LogP contribution in [-0.4, -0.2) is 45.8 Å². The number of anilines is 1. The molecule has 0 bridgehead atoms. The van der Waals surface area contributed by atoms with Crippen LogP contribution in [0, 0.1) is 19.8 Å². The zero-order valence-corrected chi connectivity index (χ0v) is 20.7. The summed E-state index contributed by atoms with van der Waals surface area (Å²) in [6.45, 7) is 10.0. The summed E-state index contributed by atoms with van der Waals surface area (Å²) in [5.41, 5.74) is 1.76. The molecule has 0 unspecified atom stereocenters. The standard InChI is InChI=1S/C26H34N4O4/c1-6-34-24(32)20-14-22-23(31)30(21-9-7-8-17(3)18(21)4)26(5,15-29(22)28-20)25(33)27-19-12-10-16(2)11-13-19/h7-9,14,16,19H,6,10-13,15H2,1-5H3,(H,27,33)/t16?,19?,26-/m0/s1. The largest absolute Gasteiger partial charge is 0.461 e. The predicted octanol–water partition coefficient (Wildman–Crippen LogP) is 3.79. The molecule has 2 aromatic rings. The number of hydrogen-bond acceptors (Lipinski definition) is 5. The second-order valence-corrected chi connectivity index (χ2v) is 9.86. The number of benzene rings is 1. The molecule has 1 atom stereocenters. The van der Waals surface area contributed by atoms with Gasteiger partial charge in [-0.05, 0) is 76.5 Å². The summed E-state index contributed by atoms with van der Waals surface area (Å²) < 4.78 is 6.55. The summed E-state index contributed by atoms with van der Waals surface area (Å²) in [6.07, 6.45) is 4.02. The number of aromatic nitrogens is 2. The number of fused-ring (bicyclic) bond motifs is 1. The van der Waals surface area contributed by atoms with Crippen molar-refractivity contribution in [2.75, 3.05) is 11.5 Å². The molecule has 182 valence electrons. The average Bonchev–Trinajstić information content (AvgIpc) is 3.22. The Balaban J connectivity index is 1.75. The molecule has 1 saturated carbocycles. The number of rotatable bonds is 5. The molecular formula is C26H34N4O4. The van der Waals surface area contributed by atoms with Crippen LogP contribution in [0.3, 0.4) is 0 Å². The smallest absolute Gasteiger partial charge is 0.358 e. The third-order valence-electron chi connectivity index (χ3n) is 7.30. The minimum atomic E-state index is -1.22. The highest BCUT2D eigenvalue weighted by Crippen LogP contribution is 2.36. The minimum Gasteiger partial charge on any atom is -0.461 e. The molecule has 1 fully saturated rings. The molecule has 34 heavy (non-hydrogen) atoms. The van der Waals surface area contributed by atoms with Crippen molar-refractivity contribution in [3.8, 4) is 0 Å². The van der Waals surface area contributed by atoms with E-state index in [9.17, 15) is 14.4 Å². The Kier molecular flexibility index (Phi) is 6.51. The average molecular weight is 467 g/mol. The van der Waals surface area contributed by atoms with Gasteiger partial charge in [0.15, 0.2) is 5.69 Å². The molecule has 0 spiro atoms. The van der Waals surface area contributed by atoms with Gasteiger partial charge >= 0.3 is 5.97 Å². The number of carbonyl (C=O) groups is 3. The number of carbonyl (C=O) groups excluding carboxylic acids is 3. The molecule has 2 heterocycles. The summed E-state index contributed by atoms with van der Waals surface area (Å²) in [7, 11) is 0. The molecule has 1 aromatic heterocycles. The second kappa shape index (κ2) is 9.24. The maximum atomic E-state index is 13.9. The summed E-state index contributed by atoms with van der Waals surface area (Å²) in [5, 5.41) is 7.56. The van der Waals surface area contributed by atoms with Crippen LogP contribution in [0.4, 0.5) is 5.69 Å². The molecule has 1 aromatic carbocycles. The highest BCUT2D eigenvalue weighted by molar-refractivity contribution is 6.12. The molecule has 1 aliphatic heterocycles. The van der Waals surface area contributed by atoms with E-state index in [2.05, 4.69) is 17.3 Å². The van der Waals surface area contributed by atoms with Crippen LogP contribution in [0.1, 0.15) is 78.6 Å². The molecule has 8 nitrogen and oxygen atoms in total. The maximum absolute atomic E-state index is 13.9. The van der Waals surface area contributed by atoms with E-state index >= 15 is 0 Å². The van der Waals surface area contributed by atoms with Gasteiger partial charge in [-0.1, -0.05) is 19.1 Å². The fourth-order valence-corrected chi connectivity index (χ4v) is 4.99. The normalized spacial score (nSPS) is 24.5. The van der Waals surface area contributed by atoms with Crippen LogP contribution in [0.15, 0.2) is 24.3 Å². The summed E-state index contributed by atoms with van der Waals surface area (Å²) >= 11 is 0. The second-order valence-electron chi connectivity index (χ2n) is 9.86. The lowest BCUT2D eigenvalue weighted by Gasteiger charge is -2.44. The first-order valence-corrected chi connectivity index (χ1v) is 12.1. The quantitative estimate of drug-likeness (QED) is 0.677. The van der Waals surface area contributed by atoms with Crippen molar-refractivity contribution in [2.45, 2.75) is 78.4 Å². The fraction of sp³-hybridized carbons (Fsp3) is 0.538. The molecule has 1 aliphatic carbocycles. The van der Waals surface area contributed by atoms with Gasteiger partial charge in [0.2, 0.25) is 5.91 Å². The molecule has 0 radical (unpaired) electrons. The van der Waals surface area contributed by atoms with Crippen molar-refractivity contribution < 1.29 is 19.1 Å². The van der Waals surface area contributed by atoms with E-state index in [4.69, 9.17) is 4.74 Å². The zero-order valence-electron chi connectivity index (χ0n) is 20.7. The van der Waals surface area contributed by atoms with E-state index in [-0.39, 0.29) is 42.4 Å². The first kappa shape index (κ1) is 24.0. The predicted molar refractivity (Wildman–Crippen MR) is 129 cm³/mol. The topological polar surface area (TPSA) is 93.5 Å². The summed E-state index contributed by atoms with van der Waals surface area (Å²) in [5.74, 6) is -0.490. The molecule has 1 N–H and O–H groups in total. The van der Waals surface area contributed by atoms with Gasteiger partial charge in [-0.2, -0.15) is 5.10 Å². The van der Waals surface area contributed by atoms with Crippen LogP contribution in [-0.2, 0) is 16.1 Å². The number of aryl methyl sites for hydroxylation is 1. The third kappa shape index (κ3) is 4.21. The Hall–Kier alpha value is -3.16. The lowest BCUT2D eigenvalue weighted by Crippen LogP contribution is -2.65. The number of hydrogen-bond donors (Lipinski definition) is 1. The van der Waals surface area contributed by atoms with Crippen LogP contribution in [0.25, 0.3) is 0 Å². The zero-order chi connectivity index (χ0) is 24.6. The first-order chi connectivity index (χ1) is 16.2. The van der Waals surface area contributed by atoms with E-state index in [1.807, 2.05) is 32.0 Å². The van der Waals surface area contributed by atoms with E-state index in [0.29, 0.717) is 11.6 Å². The van der Waals surface area contributed by atoms with Crippen LogP contribution < -0.4 is 10.2 Å². The van der Waals surface area contributed by atoms with Crippen molar-refractivity contribution >= 4 is 23.5 Å². The van der Waals surface area contributed by atoms with Crippen molar-refractivity contribution in [1.82, 2.24) is 15.1 Å². The van der Waals surface area contributed by atoms with Gasteiger partial charge in [-0.3, -0.25) is 19.2 Å². The van der Waals surface area contributed by atoms with E-state index < -0.39 is 11.5 Å². The summed E-state index contributed by atoms with van der Waals surface area (Å²) in [6, 6.07) is 7.29.